The van der Waals surface area contributed by atoms with Crippen molar-refractivity contribution in [2.24, 2.45) is 0 Å². The highest BCUT2D eigenvalue weighted by Gasteiger charge is 2.00. The fourth-order valence-electron chi connectivity index (χ4n) is 2.92. The third-order valence-electron chi connectivity index (χ3n) is 4.27. The Morgan fingerprint density at radius 2 is 0.680 bits per heavy atom. The van der Waals surface area contributed by atoms with Crippen molar-refractivity contribution in [1.29, 1.82) is 0 Å². The summed E-state index contributed by atoms with van der Waals surface area (Å²) in [6.45, 7) is 0. The van der Waals surface area contributed by atoms with E-state index >= 15 is 0 Å². The van der Waals surface area contributed by atoms with E-state index in [9.17, 15) is 0 Å². The Balaban J connectivity index is 0.00000196. The zero-order valence-electron chi connectivity index (χ0n) is 13.9. The van der Waals surface area contributed by atoms with Gasteiger partial charge < -0.3 is 5.32 Å². The van der Waals surface area contributed by atoms with Gasteiger partial charge in [-0.05, 0) is 46.5 Å². The van der Waals surface area contributed by atoms with Gasteiger partial charge in [-0.15, -0.1) is 0 Å². The van der Waals surface area contributed by atoms with Gasteiger partial charge in [-0.25, -0.2) is 0 Å². The maximum atomic E-state index is 3.46. The number of hydrogen-bond acceptors (Lipinski definition) is 1. The highest BCUT2D eigenvalue weighted by Crippen LogP contribution is 2.25. The van der Waals surface area contributed by atoms with Crippen LogP contribution in [0.5, 0.6) is 0 Å². The predicted octanol–water partition coefficient (Wildman–Crippen LogP) is 7.01. The topological polar surface area (TPSA) is 12.0 Å². The Morgan fingerprint density at radius 3 is 1.04 bits per heavy atom. The van der Waals surface area contributed by atoms with E-state index in [2.05, 4.69) is 102 Å². The number of hydrogen-bond donors (Lipinski definition) is 1. The van der Waals surface area contributed by atoms with Crippen LogP contribution in [-0.2, 0) is 0 Å². The van der Waals surface area contributed by atoms with Crippen molar-refractivity contribution in [3.05, 3.63) is 109 Å². The van der Waals surface area contributed by atoms with E-state index in [1.165, 1.54) is 22.3 Å². The van der Waals surface area contributed by atoms with Crippen LogP contribution in [-0.4, -0.2) is 0 Å². The summed E-state index contributed by atoms with van der Waals surface area (Å²) in [6, 6.07) is 37.9. The molecule has 0 bridgehead atoms. The van der Waals surface area contributed by atoms with Gasteiger partial charge in [0.15, 0.2) is 0 Å². The van der Waals surface area contributed by atoms with Crippen molar-refractivity contribution >= 4 is 11.4 Å². The van der Waals surface area contributed by atoms with E-state index in [1.54, 1.807) is 0 Å². The molecule has 0 radical (unpaired) electrons. The predicted molar refractivity (Wildman–Crippen MR) is 109 cm³/mol. The van der Waals surface area contributed by atoms with Crippen molar-refractivity contribution in [2.75, 3.05) is 5.32 Å². The molecular weight excluding hydrogens is 302 g/mol. The van der Waals surface area contributed by atoms with Gasteiger partial charge in [-0.2, -0.15) is 0 Å². The molecule has 0 aromatic heterocycles. The lowest BCUT2D eigenvalue weighted by atomic mass is 10.0. The Kier molecular flexibility index (Phi) is 4.30. The Labute approximate surface area is 150 Å². The SMILES string of the molecule is [HH].c1ccc(-c2ccc(Nc3ccc(-c4ccccc4)cc3)cc2)cc1. The molecule has 1 heteroatoms. The molecule has 0 heterocycles. The Bertz CT molecular complexity index is 850. The quantitative estimate of drug-likeness (QED) is 0.426. The second-order valence-corrected chi connectivity index (χ2v) is 6.01. The largest absolute Gasteiger partial charge is 0.356 e. The molecule has 25 heavy (non-hydrogen) atoms. The fraction of sp³-hybridized carbons (Fsp3) is 0. The van der Waals surface area contributed by atoms with E-state index in [0.717, 1.165) is 11.4 Å². The van der Waals surface area contributed by atoms with Crippen molar-refractivity contribution < 1.29 is 1.43 Å². The first kappa shape index (κ1) is 15.2. The smallest absolute Gasteiger partial charge is 0.0384 e. The van der Waals surface area contributed by atoms with Gasteiger partial charge >= 0.3 is 0 Å². The molecule has 0 aliphatic rings. The Hall–Kier alpha value is -3.32. The maximum absolute atomic E-state index is 3.46. The van der Waals surface area contributed by atoms with Crippen molar-refractivity contribution in [3.8, 4) is 22.3 Å². The molecule has 0 atom stereocenters. The summed E-state index contributed by atoms with van der Waals surface area (Å²) in [6.07, 6.45) is 0. The van der Waals surface area contributed by atoms with Gasteiger partial charge in [0.1, 0.15) is 0 Å². The monoisotopic (exact) mass is 323 g/mol. The van der Waals surface area contributed by atoms with E-state index < -0.39 is 0 Å². The average Bonchev–Trinajstić information content (AvgIpc) is 2.71. The van der Waals surface area contributed by atoms with Crippen LogP contribution in [0.25, 0.3) is 22.3 Å². The summed E-state index contributed by atoms with van der Waals surface area (Å²) >= 11 is 0. The molecule has 0 saturated carbocycles. The average molecular weight is 323 g/mol. The maximum Gasteiger partial charge on any atom is 0.0384 e. The first-order valence-electron chi connectivity index (χ1n) is 8.46. The molecule has 0 saturated heterocycles. The minimum atomic E-state index is 0. The van der Waals surface area contributed by atoms with Crippen LogP contribution in [0.4, 0.5) is 11.4 Å². The minimum Gasteiger partial charge on any atom is -0.356 e. The van der Waals surface area contributed by atoms with E-state index in [-0.39, 0.29) is 1.43 Å². The summed E-state index contributed by atoms with van der Waals surface area (Å²) in [7, 11) is 0. The summed E-state index contributed by atoms with van der Waals surface area (Å²) in [5, 5.41) is 3.46. The van der Waals surface area contributed by atoms with Crippen molar-refractivity contribution in [2.45, 2.75) is 0 Å². The molecule has 1 nitrogen and oxygen atoms in total. The molecule has 0 aliphatic heterocycles. The third-order valence-corrected chi connectivity index (χ3v) is 4.27. The van der Waals surface area contributed by atoms with Gasteiger partial charge in [0, 0.05) is 12.8 Å². The molecule has 1 N–H and O–H groups in total. The molecule has 122 valence electrons. The minimum absolute atomic E-state index is 0. The van der Waals surface area contributed by atoms with Gasteiger partial charge in [-0.3, -0.25) is 0 Å². The van der Waals surface area contributed by atoms with E-state index in [4.69, 9.17) is 0 Å². The summed E-state index contributed by atoms with van der Waals surface area (Å²) in [5.74, 6) is 0. The van der Waals surface area contributed by atoms with Crippen molar-refractivity contribution in [1.82, 2.24) is 0 Å². The normalized spacial score (nSPS) is 10.4. The highest BCUT2D eigenvalue weighted by atomic mass is 14.9. The number of benzene rings is 4. The van der Waals surface area contributed by atoms with Crippen LogP contribution in [0.15, 0.2) is 109 Å². The number of nitrogens with one attached hydrogen (secondary N) is 1. The lowest BCUT2D eigenvalue weighted by molar-refractivity contribution is 1.53. The molecular formula is C24H21N. The number of rotatable bonds is 4. The summed E-state index contributed by atoms with van der Waals surface area (Å²) < 4.78 is 0. The van der Waals surface area contributed by atoms with Crippen LogP contribution in [0, 0.1) is 0 Å². The number of anilines is 2. The Morgan fingerprint density at radius 1 is 0.360 bits per heavy atom. The highest BCUT2D eigenvalue weighted by molar-refractivity contribution is 5.70. The standard InChI is InChI=1S/C24H19N.H2/c1-3-7-19(8-4-1)21-11-15-23(16-12-21)25-24-17-13-22(14-18-24)20-9-5-2-6-10-20;/h1-18,25H;1H. The third kappa shape index (κ3) is 3.61. The lowest BCUT2D eigenvalue weighted by Crippen LogP contribution is -1.90. The first-order valence-corrected chi connectivity index (χ1v) is 8.46. The molecule has 4 aromatic carbocycles. The molecule has 0 amide bonds. The van der Waals surface area contributed by atoms with Crippen LogP contribution in [0.1, 0.15) is 1.43 Å². The molecule has 0 aliphatic carbocycles. The van der Waals surface area contributed by atoms with Gasteiger partial charge in [-0.1, -0.05) is 84.9 Å². The fourth-order valence-corrected chi connectivity index (χ4v) is 2.92. The van der Waals surface area contributed by atoms with Crippen LogP contribution >= 0.6 is 0 Å². The van der Waals surface area contributed by atoms with Crippen molar-refractivity contribution in [3.63, 3.8) is 0 Å². The molecule has 0 fully saturated rings. The zero-order chi connectivity index (χ0) is 16.9. The van der Waals surface area contributed by atoms with Gasteiger partial charge in [0.05, 0.1) is 0 Å². The second kappa shape index (κ2) is 7.06. The first-order chi connectivity index (χ1) is 12.4. The molecule has 0 spiro atoms. The lowest BCUT2D eigenvalue weighted by Gasteiger charge is -2.09. The van der Waals surface area contributed by atoms with Gasteiger partial charge in [0.25, 0.3) is 0 Å². The molecule has 0 unspecified atom stereocenters. The van der Waals surface area contributed by atoms with Crippen LogP contribution in [0.3, 0.4) is 0 Å². The molecule has 4 rings (SSSR count). The van der Waals surface area contributed by atoms with E-state index in [1.807, 2.05) is 12.1 Å². The zero-order valence-corrected chi connectivity index (χ0v) is 13.9. The van der Waals surface area contributed by atoms with Crippen LogP contribution < -0.4 is 5.32 Å². The van der Waals surface area contributed by atoms with E-state index in [0.29, 0.717) is 0 Å². The second-order valence-electron chi connectivity index (χ2n) is 6.01. The van der Waals surface area contributed by atoms with Crippen LogP contribution in [0.2, 0.25) is 0 Å². The summed E-state index contributed by atoms with van der Waals surface area (Å²) in [4.78, 5) is 0. The summed E-state index contributed by atoms with van der Waals surface area (Å²) in [5.41, 5.74) is 7.11. The van der Waals surface area contributed by atoms with Gasteiger partial charge in [0.2, 0.25) is 0 Å². The molecule has 4 aromatic rings.